The highest BCUT2D eigenvalue weighted by Crippen LogP contribution is 2.14. The Kier molecular flexibility index (Phi) is 11.2. The van der Waals surface area contributed by atoms with Crippen molar-refractivity contribution in [1.29, 1.82) is 0 Å². The first-order valence-electron chi connectivity index (χ1n) is 9.43. The molecule has 0 bridgehead atoms. The zero-order valence-electron chi connectivity index (χ0n) is 14.7. The normalized spacial score (nSPS) is 16.6. The highest BCUT2D eigenvalue weighted by Gasteiger charge is 2.15. The molecule has 1 aliphatic rings. The number of likely N-dealkylation sites (tertiary alicyclic amines) is 1. The molecule has 0 aromatic heterocycles. The summed E-state index contributed by atoms with van der Waals surface area (Å²) in [6.45, 7) is 8.41. The van der Waals surface area contributed by atoms with Crippen molar-refractivity contribution in [2.75, 3.05) is 26.2 Å². The average Bonchev–Trinajstić information content (AvgIpc) is 3.02. The molecule has 0 radical (unpaired) electrons. The molecule has 22 heavy (non-hydrogen) atoms. The van der Waals surface area contributed by atoms with Gasteiger partial charge in [0.15, 0.2) is 0 Å². The van der Waals surface area contributed by atoms with Gasteiger partial charge in [-0.05, 0) is 45.2 Å². The molecule has 0 aliphatic carbocycles. The van der Waals surface area contributed by atoms with E-state index in [0.717, 1.165) is 32.2 Å². The maximum Gasteiger partial charge on any atom is 0.407 e. The molecule has 1 amide bonds. The average molecular weight is 312 g/mol. The van der Waals surface area contributed by atoms with Gasteiger partial charge in [0.05, 0.1) is 0 Å². The first kappa shape index (κ1) is 19.3. The minimum atomic E-state index is -0.226. The smallest absolute Gasteiger partial charge is 0.407 e. The SMILES string of the molecule is CCCCCCC(CCCC)OC(=O)NCCN1CCCC1. The number of nitrogens with one attached hydrogen (secondary N) is 1. The number of hydrogen-bond donors (Lipinski definition) is 1. The molecule has 0 saturated carbocycles. The van der Waals surface area contributed by atoms with Crippen molar-refractivity contribution in [3.63, 3.8) is 0 Å². The molecular formula is C18H36N2O2. The van der Waals surface area contributed by atoms with Crippen LogP contribution in [0.3, 0.4) is 0 Å². The van der Waals surface area contributed by atoms with Crippen molar-refractivity contribution in [3.8, 4) is 0 Å². The van der Waals surface area contributed by atoms with Gasteiger partial charge in [0.1, 0.15) is 6.10 Å². The van der Waals surface area contributed by atoms with Gasteiger partial charge in [-0.2, -0.15) is 0 Å². The summed E-state index contributed by atoms with van der Waals surface area (Å²) >= 11 is 0. The largest absolute Gasteiger partial charge is 0.446 e. The van der Waals surface area contributed by atoms with E-state index in [1.165, 1.54) is 51.6 Å². The molecule has 4 heteroatoms. The minimum absolute atomic E-state index is 0.101. The molecule has 0 aromatic carbocycles. The Hall–Kier alpha value is -0.770. The molecule has 1 rings (SSSR count). The van der Waals surface area contributed by atoms with Crippen molar-refractivity contribution in [1.82, 2.24) is 10.2 Å². The Bertz CT molecular complexity index is 278. The van der Waals surface area contributed by atoms with Crippen LogP contribution >= 0.6 is 0 Å². The Morgan fingerprint density at radius 3 is 2.41 bits per heavy atom. The maximum atomic E-state index is 11.9. The molecule has 1 unspecified atom stereocenters. The van der Waals surface area contributed by atoms with Gasteiger partial charge < -0.3 is 15.0 Å². The lowest BCUT2D eigenvalue weighted by Gasteiger charge is -2.19. The van der Waals surface area contributed by atoms with E-state index in [0.29, 0.717) is 6.54 Å². The first-order valence-corrected chi connectivity index (χ1v) is 9.43. The predicted molar refractivity (Wildman–Crippen MR) is 92.2 cm³/mol. The summed E-state index contributed by atoms with van der Waals surface area (Å²) in [4.78, 5) is 14.3. The van der Waals surface area contributed by atoms with E-state index in [9.17, 15) is 4.79 Å². The van der Waals surface area contributed by atoms with Crippen molar-refractivity contribution in [2.24, 2.45) is 0 Å². The Balaban J connectivity index is 2.15. The molecule has 1 atom stereocenters. The second kappa shape index (κ2) is 12.7. The molecule has 1 heterocycles. The van der Waals surface area contributed by atoms with Crippen LogP contribution in [-0.4, -0.2) is 43.3 Å². The lowest BCUT2D eigenvalue weighted by molar-refractivity contribution is 0.0839. The van der Waals surface area contributed by atoms with E-state index in [1.54, 1.807) is 0 Å². The summed E-state index contributed by atoms with van der Waals surface area (Å²) in [5.41, 5.74) is 0. The van der Waals surface area contributed by atoms with E-state index < -0.39 is 0 Å². The number of nitrogens with zero attached hydrogens (tertiary/aromatic N) is 1. The van der Waals surface area contributed by atoms with E-state index in [4.69, 9.17) is 4.74 Å². The van der Waals surface area contributed by atoms with Crippen LogP contribution < -0.4 is 5.32 Å². The topological polar surface area (TPSA) is 41.6 Å². The van der Waals surface area contributed by atoms with Crippen molar-refractivity contribution < 1.29 is 9.53 Å². The lowest BCUT2D eigenvalue weighted by atomic mass is 10.0. The molecule has 0 aromatic rings. The number of hydrogen-bond acceptors (Lipinski definition) is 3. The molecule has 1 aliphatic heterocycles. The Morgan fingerprint density at radius 2 is 1.73 bits per heavy atom. The first-order chi connectivity index (χ1) is 10.8. The Labute approximate surface area is 137 Å². The number of carbonyl (C=O) groups is 1. The van der Waals surface area contributed by atoms with E-state index >= 15 is 0 Å². The minimum Gasteiger partial charge on any atom is -0.446 e. The molecule has 1 saturated heterocycles. The monoisotopic (exact) mass is 312 g/mol. The quantitative estimate of drug-likeness (QED) is 0.545. The number of unbranched alkanes of at least 4 members (excludes halogenated alkanes) is 4. The summed E-state index contributed by atoms with van der Waals surface area (Å²) in [6.07, 6.45) is 11.7. The predicted octanol–water partition coefficient (Wildman–Crippen LogP) is 4.34. The summed E-state index contributed by atoms with van der Waals surface area (Å²) in [5, 5.41) is 2.92. The van der Waals surface area contributed by atoms with Crippen molar-refractivity contribution >= 4 is 6.09 Å². The summed E-state index contributed by atoms with van der Waals surface area (Å²) < 4.78 is 5.63. The van der Waals surface area contributed by atoms with Crippen LogP contribution in [0.25, 0.3) is 0 Å². The van der Waals surface area contributed by atoms with Gasteiger partial charge in [-0.25, -0.2) is 4.79 Å². The zero-order valence-corrected chi connectivity index (χ0v) is 14.7. The highest BCUT2D eigenvalue weighted by atomic mass is 16.6. The lowest BCUT2D eigenvalue weighted by Crippen LogP contribution is -2.35. The van der Waals surface area contributed by atoms with E-state index in [1.807, 2.05) is 0 Å². The van der Waals surface area contributed by atoms with Gasteiger partial charge in [0, 0.05) is 13.1 Å². The zero-order chi connectivity index (χ0) is 16.0. The molecule has 0 spiro atoms. The van der Waals surface area contributed by atoms with Crippen LogP contribution in [0.15, 0.2) is 0 Å². The van der Waals surface area contributed by atoms with Gasteiger partial charge in [0.2, 0.25) is 0 Å². The van der Waals surface area contributed by atoms with Crippen LogP contribution in [-0.2, 0) is 4.74 Å². The number of rotatable bonds is 12. The third-order valence-corrected chi connectivity index (χ3v) is 4.43. The van der Waals surface area contributed by atoms with Gasteiger partial charge in [-0.3, -0.25) is 0 Å². The van der Waals surface area contributed by atoms with Crippen molar-refractivity contribution in [2.45, 2.75) is 84.2 Å². The van der Waals surface area contributed by atoms with Gasteiger partial charge in [-0.15, -0.1) is 0 Å². The number of carbonyl (C=O) groups excluding carboxylic acids is 1. The molecule has 1 fully saturated rings. The van der Waals surface area contributed by atoms with Crippen LogP contribution in [0.5, 0.6) is 0 Å². The highest BCUT2D eigenvalue weighted by molar-refractivity contribution is 5.67. The fourth-order valence-corrected chi connectivity index (χ4v) is 3.01. The standard InChI is InChI=1S/C18H36N2O2/c1-3-5-7-8-12-17(11-6-4-2)22-18(21)19-13-16-20-14-9-10-15-20/h17H,3-16H2,1-2H3,(H,19,21). The summed E-state index contributed by atoms with van der Waals surface area (Å²) in [7, 11) is 0. The van der Waals surface area contributed by atoms with Crippen LogP contribution in [0.4, 0.5) is 4.79 Å². The molecular weight excluding hydrogens is 276 g/mol. The fourth-order valence-electron chi connectivity index (χ4n) is 3.01. The third-order valence-electron chi connectivity index (χ3n) is 4.43. The second-order valence-corrected chi connectivity index (χ2v) is 6.49. The van der Waals surface area contributed by atoms with Gasteiger partial charge >= 0.3 is 6.09 Å². The van der Waals surface area contributed by atoms with Gasteiger partial charge in [0.25, 0.3) is 0 Å². The molecule has 130 valence electrons. The molecule has 4 nitrogen and oxygen atoms in total. The Morgan fingerprint density at radius 1 is 1.05 bits per heavy atom. The fraction of sp³-hybridized carbons (Fsp3) is 0.944. The van der Waals surface area contributed by atoms with Crippen LogP contribution in [0.1, 0.15) is 78.1 Å². The number of amides is 1. The maximum absolute atomic E-state index is 11.9. The van der Waals surface area contributed by atoms with E-state index in [2.05, 4.69) is 24.1 Å². The second-order valence-electron chi connectivity index (χ2n) is 6.49. The summed E-state index contributed by atoms with van der Waals surface area (Å²) in [6, 6.07) is 0. The third kappa shape index (κ3) is 9.29. The van der Waals surface area contributed by atoms with Gasteiger partial charge in [-0.1, -0.05) is 46.0 Å². The number of alkyl carbamates (subject to hydrolysis) is 1. The van der Waals surface area contributed by atoms with Crippen LogP contribution in [0.2, 0.25) is 0 Å². The molecule has 1 N–H and O–H groups in total. The van der Waals surface area contributed by atoms with E-state index in [-0.39, 0.29) is 12.2 Å². The van der Waals surface area contributed by atoms with Crippen molar-refractivity contribution in [3.05, 3.63) is 0 Å². The van der Waals surface area contributed by atoms with Crippen LogP contribution in [0, 0.1) is 0 Å². The summed E-state index contributed by atoms with van der Waals surface area (Å²) in [5.74, 6) is 0. The number of ether oxygens (including phenoxy) is 1.